The van der Waals surface area contributed by atoms with E-state index in [0.717, 1.165) is 22.6 Å². The van der Waals surface area contributed by atoms with Crippen molar-refractivity contribution in [3.05, 3.63) is 23.8 Å². The van der Waals surface area contributed by atoms with Gasteiger partial charge in [-0.1, -0.05) is 6.92 Å². The Labute approximate surface area is 107 Å². The molecule has 3 nitrogen and oxygen atoms in total. The summed E-state index contributed by atoms with van der Waals surface area (Å²) in [5.74, 6) is 0.534. The third-order valence-corrected chi connectivity index (χ3v) is 3.62. The molecular formula is C13H20N2OS. The zero-order valence-corrected chi connectivity index (χ0v) is 11.4. The van der Waals surface area contributed by atoms with Crippen LogP contribution in [0.25, 0.3) is 0 Å². The second kappa shape index (κ2) is 6.55. The highest BCUT2D eigenvalue weighted by atomic mass is 32.2. The monoisotopic (exact) mass is 252 g/mol. The van der Waals surface area contributed by atoms with Crippen LogP contribution in [0.1, 0.15) is 25.8 Å². The summed E-state index contributed by atoms with van der Waals surface area (Å²) in [6.45, 7) is 6.04. The summed E-state index contributed by atoms with van der Waals surface area (Å²) in [5, 5.41) is 2.94. The van der Waals surface area contributed by atoms with E-state index in [2.05, 4.69) is 12.2 Å². The average molecular weight is 252 g/mol. The van der Waals surface area contributed by atoms with Gasteiger partial charge in [0.05, 0.1) is 5.75 Å². The Morgan fingerprint density at radius 2 is 2.24 bits per heavy atom. The van der Waals surface area contributed by atoms with Crippen molar-refractivity contribution in [1.29, 1.82) is 0 Å². The molecule has 4 heteroatoms. The SMILES string of the molecule is CCC(C)NC(=O)CSc1ccc(N)c(C)c1. The Kier molecular flexibility index (Phi) is 5.35. The van der Waals surface area contributed by atoms with Crippen LogP contribution in [0.3, 0.4) is 0 Å². The predicted octanol–water partition coefficient (Wildman–Crippen LogP) is 2.58. The summed E-state index contributed by atoms with van der Waals surface area (Å²) in [7, 11) is 0. The van der Waals surface area contributed by atoms with Gasteiger partial charge in [0.25, 0.3) is 0 Å². The van der Waals surface area contributed by atoms with Crippen LogP contribution in [0.4, 0.5) is 5.69 Å². The van der Waals surface area contributed by atoms with Crippen molar-refractivity contribution in [1.82, 2.24) is 5.32 Å². The molecule has 0 aliphatic rings. The molecular weight excluding hydrogens is 232 g/mol. The highest BCUT2D eigenvalue weighted by Crippen LogP contribution is 2.22. The van der Waals surface area contributed by atoms with Gasteiger partial charge in [-0.3, -0.25) is 4.79 Å². The van der Waals surface area contributed by atoms with Gasteiger partial charge in [0, 0.05) is 16.6 Å². The molecule has 0 aliphatic carbocycles. The maximum Gasteiger partial charge on any atom is 0.230 e. The summed E-state index contributed by atoms with van der Waals surface area (Å²) in [6, 6.07) is 6.08. The molecule has 0 bridgehead atoms. The van der Waals surface area contributed by atoms with Crippen molar-refractivity contribution in [3.8, 4) is 0 Å². The summed E-state index contributed by atoms with van der Waals surface area (Å²) in [5.41, 5.74) is 7.58. The fourth-order valence-corrected chi connectivity index (χ4v) is 2.11. The average Bonchev–Trinajstić information content (AvgIpc) is 2.30. The van der Waals surface area contributed by atoms with Crippen LogP contribution in [-0.2, 0) is 4.79 Å². The molecule has 1 atom stereocenters. The molecule has 1 unspecified atom stereocenters. The molecule has 1 aromatic rings. The van der Waals surface area contributed by atoms with Gasteiger partial charge >= 0.3 is 0 Å². The number of carbonyl (C=O) groups is 1. The molecule has 1 aromatic carbocycles. The number of carbonyl (C=O) groups excluding carboxylic acids is 1. The first kappa shape index (κ1) is 13.9. The van der Waals surface area contributed by atoms with Crippen LogP contribution in [0, 0.1) is 6.92 Å². The van der Waals surface area contributed by atoms with Gasteiger partial charge in [-0.25, -0.2) is 0 Å². The minimum atomic E-state index is 0.0822. The number of anilines is 1. The van der Waals surface area contributed by atoms with Crippen LogP contribution in [0.15, 0.2) is 23.1 Å². The second-order valence-electron chi connectivity index (χ2n) is 4.18. The van der Waals surface area contributed by atoms with Crippen LogP contribution in [0.5, 0.6) is 0 Å². The van der Waals surface area contributed by atoms with Crippen molar-refractivity contribution in [2.45, 2.75) is 38.1 Å². The molecule has 0 saturated heterocycles. The maximum atomic E-state index is 11.6. The van der Waals surface area contributed by atoms with Gasteiger partial charge < -0.3 is 11.1 Å². The van der Waals surface area contributed by atoms with E-state index in [-0.39, 0.29) is 11.9 Å². The standard InChI is InChI=1S/C13H20N2OS/c1-4-10(3)15-13(16)8-17-11-5-6-12(14)9(2)7-11/h5-7,10H,4,8,14H2,1-3H3,(H,15,16). The number of amides is 1. The van der Waals surface area contributed by atoms with Crippen LogP contribution in [0.2, 0.25) is 0 Å². The molecule has 1 rings (SSSR count). The molecule has 0 fully saturated rings. The summed E-state index contributed by atoms with van der Waals surface area (Å²) >= 11 is 1.54. The number of benzene rings is 1. The Bertz CT molecular complexity index is 393. The van der Waals surface area contributed by atoms with Crippen molar-refractivity contribution in [3.63, 3.8) is 0 Å². The van der Waals surface area contributed by atoms with Crippen LogP contribution in [-0.4, -0.2) is 17.7 Å². The van der Waals surface area contributed by atoms with Crippen molar-refractivity contribution >= 4 is 23.4 Å². The van der Waals surface area contributed by atoms with E-state index in [4.69, 9.17) is 5.73 Å². The molecule has 0 aliphatic heterocycles. The third-order valence-electron chi connectivity index (χ3n) is 2.63. The quantitative estimate of drug-likeness (QED) is 0.625. The predicted molar refractivity (Wildman–Crippen MR) is 74.2 cm³/mol. The number of nitrogen functional groups attached to an aromatic ring is 1. The Balaban J connectivity index is 2.45. The highest BCUT2D eigenvalue weighted by Gasteiger charge is 2.06. The number of hydrogen-bond acceptors (Lipinski definition) is 3. The minimum Gasteiger partial charge on any atom is -0.399 e. The van der Waals surface area contributed by atoms with E-state index in [1.165, 1.54) is 11.8 Å². The zero-order valence-electron chi connectivity index (χ0n) is 10.6. The topological polar surface area (TPSA) is 55.1 Å². The Morgan fingerprint density at radius 1 is 1.53 bits per heavy atom. The fourth-order valence-electron chi connectivity index (χ4n) is 1.31. The molecule has 0 radical (unpaired) electrons. The Morgan fingerprint density at radius 3 is 2.82 bits per heavy atom. The van der Waals surface area contributed by atoms with E-state index >= 15 is 0 Å². The van der Waals surface area contributed by atoms with E-state index < -0.39 is 0 Å². The van der Waals surface area contributed by atoms with Gasteiger partial charge in [-0.15, -0.1) is 11.8 Å². The van der Waals surface area contributed by atoms with Gasteiger partial charge in [0.2, 0.25) is 5.91 Å². The van der Waals surface area contributed by atoms with Crippen molar-refractivity contribution in [2.24, 2.45) is 0 Å². The number of hydrogen-bond donors (Lipinski definition) is 2. The lowest BCUT2D eigenvalue weighted by atomic mass is 10.2. The highest BCUT2D eigenvalue weighted by molar-refractivity contribution is 8.00. The van der Waals surface area contributed by atoms with E-state index in [0.29, 0.717) is 5.75 Å². The first-order valence-corrected chi connectivity index (χ1v) is 6.79. The molecule has 3 N–H and O–H groups in total. The van der Waals surface area contributed by atoms with Crippen molar-refractivity contribution in [2.75, 3.05) is 11.5 Å². The fraction of sp³-hybridized carbons (Fsp3) is 0.462. The van der Waals surface area contributed by atoms with E-state index in [1.54, 1.807) is 0 Å². The Hall–Kier alpha value is -1.16. The lowest BCUT2D eigenvalue weighted by Crippen LogP contribution is -2.33. The summed E-state index contributed by atoms with van der Waals surface area (Å²) < 4.78 is 0. The van der Waals surface area contributed by atoms with Crippen molar-refractivity contribution < 1.29 is 4.79 Å². The van der Waals surface area contributed by atoms with Crippen LogP contribution < -0.4 is 11.1 Å². The smallest absolute Gasteiger partial charge is 0.230 e. The molecule has 1 amide bonds. The normalized spacial score (nSPS) is 12.2. The molecule has 0 spiro atoms. The molecule has 94 valence electrons. The van der Waals surface area contributed by atoms with Gasteiger partial charge in [0.15, 0.2) is 0 Å². The minimum absolute atomic E-state index is 0.0822. The molecule has 17 heavy (non-hydrogen) atoms. The van der Waals surface area contributed by atoms with E-state index in [1.807, 2.05) is 32.0 Å². The molecule has 0 heterocycles. The number of nitrogens with two attached hydrogens (primary N) is 1. The van der Waals surface area contributed by atoms with Gasteiger partial charge in [-0.2, -0.15) is 0 Å². The third kappa shape index (κ3) is 4.69. The van der Waals surface area contributed by atoms with Crippen LogP contribution >= 0.6 is 11.8 Å². The number of nitrogens with one attached hydrogen (secondary N) is 1. The van der Waals surface area contributed by atoms with Gasteiger partial charge in [-0.05, 0) is 44.0 Å². The number of aryl methyl sites for hydroxylation is 1. The lowest BCUT2D eigenvalue weighted by molar-refractivity contribution is -0.119. The number of rotatable bonds is 5. The zero-order chi connectivity index (χ0) is 12.8. The van der Waals surface area contributed by atoms with Gasteiger partial charge in [0.1, 0.15) is 0 Å². The summed E-state index contributed by atoms with van der Waals surface area (Å²) in [6.07, 6.45) is 0.956. The first-order chi connectivity index (χ1) is 8.02. The second-order valence-corrected chi connectivity index (χ2v) is 5.23. The van der Waals surface area contributed by atoms with E-state index in [9.17, 15) is 4.79 Å². The molecule has 0 aromatic heterocycles. The number of thioether (sulfide) groups is 1. The molecule has 0 saturated carbocycles. The first-order valence-electron chi connectivity index (χ1n) is 5.81. The largest absolute Gasteiger partial charge is 0.399 e. The lowest BCUT2D eigenvalue weighted by Gasteiger charge is -2.11. The summed E-state index contributed by atoms with van der Waals surface area (Å²) in [4.78, 5) is 12.7. The maximum absolute atomic E-state index is 11.6.